The summed E-state index contributed by atoms with van der Waals surface area (Å²) in [6.45, 7) is 4.82. The number of sulfonamides is 1. The average Bonchev–Trinajstić information content (AvgIpc) is 3.42. The lowest BCUT2D eigenvalue weighted by atomic mass is 10.0. The van der Waals surface area contributed by atoms with Crippen molar-refractivity contribution < 1.29 is 18.3 Å². The van der Waals surface area contributed by atoms with Crippen LogP contribution in [0, 0.1) is 0 Å². The van der Waals surface area contributed by atoms with E-state index in [1.54, 1.807) is 24.3 Å². The first kappa shape index (κ1) is 22.0. The van der Waals surface area contributed by atoms with Gasteiger partial charge in [-0.2, -0.15) is 4.31 Å². The van der Waals surface area contributed by atoms with Crippen LogP contribution in [-0.4, -0.2) is 60.4 Å². The van der Waals surface area contributed by atoms with Crippen LogP contribution in [0.1, 0.15) is 38.2 Å². The molecule has 2 aliphatic heterocycles. The van der Waals surface area contributed by atoms with E-state index in [9.17, 15) is 18.3 Å². The third kappa shape index (κ3) is 4.68. The number of carbonyl (C=O) groups is 1. The second kappa shape index (κ2) is 9.10. The molecule has 0 amide bonds. The Kier molecular flexibility index (Phi) is 6.46. The number of rotatable bonds is 7. The number of benzene rings is 2. The zero-order chi connectivity index (χ0) is 22.0. The maximum atomic E-state index is 12.9. The number of aliphatic carboxylic acids is 1. The first-order valence-electron chi connectivity index (χ1n) is 11.0. The second-order valence-electron chi connectivity index (χ2n) is 8.61. The summed E-state index contributed by atoms with van der Waals surface area (Å²) in [6.07, 6.45) is 4.54. The van der Waals surface area contributed by atoms with Crippen molar-refractivity contribution in [1.29, 1.82) is 0 Å². The molecular weight excluding hydrogens is 412 g/mol. The number of carboxylic acids is 1. The Morgan fingerprint density at radius 1 is 0.968 bits per heavy atom. The largest absolute Gasteiger partial charge is 0.480 e. The lowest BCUT2D eigenvalue weighted by molar-refractivity contribution is -0.140. The highest BCUT2D eigenvalue weighted by atomic mass is 32.2. The number of hydrogen-bond donors (Lipinski definition) is 1. The Morgan fingerprint density at radius 2 is 1.58 bits per heavy atom. The van der Waals surface area contributed by atoms with Crippen molar-refractivity contribution >= 4 is 16.0 Å². The van der Waals surface area contributed by atoms with Crippen molar-refractivity contribution in [2.45, 2.75) is 56.0 Å². The van der Waals surface area contributed by atoms with Gasteiger partial charge in [0.05, 0.1) is 4.90 Å². The van der Waals surface area contributed by atoms with E-state index in [-0.39, 0.29) is 11.4 Å². The maximum absolute atomic E-state index is 12.9. The molecule has 0 spiro atoms. The zero-order valence-corrected chi connectivity index (χ0v) is 18.7. The molecular formula is C24H30N2O4S. The molecule has 6 nitrogen and oxygen atoms in total. The van der Waals surface area contributed by atoms with Crippen molar-refractivity contribution in [2.75, 3.05) is 19.6 Å². The van der Waals surface area contributed by atoms with Gasteiger partial charge in [0.1, 0.15) is 6.04 Å². The number of carboxylic acid groups (broad SMARTS) is 1. The second-order valence-corrected chi connectivity index (χ2v) is 10.5. The van der Waals surface area contributed by atoms with E-state index in [1.807, 2.05) is 0 Å². The van der Waals surface area contributed by atoms with Gasteiger partial charge in [0.15, 0.2) is 0 Å². The molecule has 0 bridgehead atoms. The Balaban J connectivity index is 1.43. The number of likely N-dealkylation sites (tertiary alicyclic amines) is 1. The molecule has 4 rings (SSSR count). The van der Waals surface area contributed by atoms with E-state index < -0.39 is 22.0 Å². The normalized spacial score (nSPS) is 22.7. The van der Waals surface area contributed by atoms with Crippen molar-refractivity contribution in [1.82, 2.24) is 9.21 Å². The van der Waals surface area contributed by atoms with E-state index in [0.29, 0.717) is 18.9 Å². The Bertz CT molecular complexity index is 1020. The van der Waals surface area contributed by atoms with E-state index in [4.69, 9.17) is 0 Å². The molecule has 2 atom stereocenters. The summed E-state index contributed by atoms with van der Waals surface area (Å²) in [5, 5.41) is 9.31. The van der Waals surface area contributed by atoms with Crippen LogP contribution in [0.4, 0.5) is 0 Å². The first-order valence-corrected chi connectivity index (χ1v) is 12.5. The summed E-state index contributed by atoms with van der Waals surface area (Å²) >= 11 is 0. The lowest BCUT2D eigenvalue weighted by Gasteiger charge is -2.21. The Morgan fingerprint density at radius 3 is 2.16 bits per heavy atom. The molecule has 2 saturated heterocycles. The van der Waals surface area contributed by atoms with Crippen LogP contribution in [0.2, 0.25) is 0 Å². The van der Waals surface area contributed by atoms with Gasteiger partial charge in [0.25, 0.3) is 0 Å². The van der Waals surface area contributed by atoms with Gasteiger partial charge in [0.2, 0.25) is 10.0 Å². The SMILES string of the molecule is C[C@@H]1CCCN1CCc1ccc(-c2ccc(S(=O)(=O)N3CCC[C@H]3C(=O)O)cc2)cc1. The van der Waals surface area contributed by atoms with Crippen LogP contribution in [-0.2, 0) is 21.2 Å². The Hall–Kier alpha value is -2.22. The van der Waals surface area contributed by atoms with Gasteiger partial charge in [-0.1, -0.05) is 36.4 Å². The van der Waals surface area contributed by atoms with Crippen LogP contribution in [0.25, 0.3) is 11.1 Å². The van der Waals surface area contributed by atoms with E-state index in [1.165, 1.54) is 24.9 Å². The standard InChI is InChI=1S/C24H30N2O4S/c1-18-4-2-15-25(18)17-14-19-6-8-20(9-7-19)21-10-12-22(13-11-21)31(29,30)26-16-3-5-23(26)24(27)28/h6-13,18,23H,2-5,14-17H2,1H3,(H,27,28)/t18-,23+/m1/s1. The molecule has 0 radical (unpaired) electrons. The number of hydrogen-bond acceptors (Lipinski definition) is 4. The van der Waals surface area contributed by atoms with Gasteiger partial charge in [-0.05, 0) is 74.4 Å². The van der Waals surface area contributed by atoms with Crippen LogP contribution < -0.4 is 0 Å². The highest BCUT2D eigenvalue weighted by Crippen LogP contribution is 2.28. The van der Waals surface area contributed by atoms with Crippen LogP contribution in [0.3, 0.4) is 0 Å². The van der Waals surface area contributed by atoms with Gasteiger partial charge < -0.3 is 10.0 Å². The molecule has 31 heavy (non-hydrogen) atoms. The highest BCUT2D eigenvalue weighted by molar-refractivity contribution is 7.89. The molecule has 7 heteroatoms. The Labute approximate surface area is 184 Å². The summed E-state index contributed by atoms with van der Waals surface area (Å²) < 4.78 is 26.9. The zero-order valence-electron chi connectivity index (χ0n) is 17.9. The molecule has 2 heterocycles. The van der Waals surface area contributed by atoms with Crippen LogP contribution >= 0.6 is 0 Å². The predicted octanol–water partition coefficient (Wildman–Crippen LogP) is 3.62. The molecule has 0 aromatic heterocycles. The summed E-state index contributed by atoms with van der Waals surface area (Å²) in [5.74, 6) is -1.09. The van der Waals surface area contributed by atoms with Crippen molar-refractivity contribution in [3.63, 3.8) is 0 Å². The van der Waals surface area contributed by atoms with Crippen molar-refractivity contribution in [2.24, 2.45) is 0 Å². The molecule has 2 aliphatic rings. The topological polar surface area (TPSA) is 77.9 Å². The van der Waals surface area contributed by atoms with E-state index >= 15 is 0 Å². The lowest BCUT2D eigenvalue weighted by Crippen LogP contribution is -2.40. The first-order chi connectivity index (χ1) is 14.9. The average molecular weight is 443 g/mol. The van der Waals surface area contributed by atoms with Crippen LogP contribution in [0.5, 0.6) is 0 Å². The molecule has 2 fully saturated rings. The molecule has 0 saturated carbocycles. The minimum Gasteiger partial charge on any atom is -0.480 e. The van der Waals surface area contributed by atoms with E-state index in [2.05, 4.69) is 36.1 Å². The summed E-state index contributed by atoms with van der Waals surface area (Å²) in [6, 6.07) is 14.9. The highest BCUT2D eigenvalue weighted by Gasteiger charge is 2.39. The molecule has 1 N–H and O–H groups in total. The van der Waals surface area contributed by atoms with Crippen molar-refractivity contribution in [3.05, 3.63) is 54.1 Å². The molecule has 0 unspecified atom stereocenters. The molecule has 0 aliphatic carbocycles. The summed E-state index contributed by atoms with van der Waals surface area (Å²) in [5.41, 5.74) is 3.28. The fraction of sp³-hybridized carbons (Fsp3) is 0.458. The predicted molar refractivity (Wildman–Crippen MR) is 120 cm³/mol. The third-order valence-corrected chi connectivity index (χ3v) is 8.54. The van der Waals surface area contributed by atoms with Gasteiger partial charge in [-0.25, -0.2) is 8.42 Å². The minimum atomic E-state index is -3.81. The summed E-state index contributed by atoms with van der Waals surface area (Å²) in [7, 11) is -3.81. The van der Waals surface area contributed by atoms with Gasteiger partial charge in [-0.15, -0.1) is 0 Å². The minimum absolute atomic E-state index is 0.140. The molecule has 2 aromatic rings. The van der Waals surface area contributed by atoms with Gasteiger partial charge in [0, 0.05) is 19.1 Å². The maximum Gasteiger partial charge on any atom is 0.322 e. The summed E-state index contributed by atoms with van der Waals surface area (Å²) in [4.78, 5) is 14.1. The third-order valence-electron chi connectivity index (χ3n) is 6.62. The van der Waals surface area contributed by atoms with Gasteiger partial charge >= 0.3 is 5.97 Å². The smallest absolute Gasteiger partial charge is 0.322 e. The van der Waals surface area contributed by atoms with Crippen LogP contribution in [0.15, 0.2) is 53.4 Å². The quantitative estimate of drug-likeness (QED) is 0.709. The fourth-order valence-electron chi connectivity index (χ4n) is 4.69. The van der Waals surface area contributed by atoms with E-state index in [0.717, 1.165) is 28.4 Å². The monoisotopic (exact) mass is 442 g/mol. The molecule has 2 aromatic carbocycles. The number of nitrogens with zero attached hydrogens (tertiary/aromatic N) is 2. The fourth-order valence-corrected chi connectivity index (χ4v) is 6.34. The molecule has 166 valence electrons. The van der Waals surface area contributed by atoms with Crippen molar-refractivity contribution in [3.8, 4) is 11.1 Å². The van der Waals surface area contributed by atoms with Gasteiger partial charge in [-0.3, -0.25) is 4.79 Å².